The molecule has 1 fully saturated rings. The quantitative estimate of drug-likeness (QED) is 0.834. The van der Waals surface area contributed by atoms with Crippen LogP contribution in [0.25, 0.3) is 0 Å². The minimum atomic E-state index is 0.108. The minimum absolute atomic E-state index is 0.108. The molecule has 120 valence electrons. The summed E-state index contributed by atoms with van der Waals surface area (Å²) in [5.74, 6) is 0.108. The van der Waals surface area contributed by atoms with Crippen LogP contribution in [-0.2, 0) is 0 Å². The number of nitrogens with zero attached hydrogens (tertiary/aromatic N) is 2. The Bertz CT molecular complexity index is 684. The maximum Gasteiger partial charge on any atom is 0.253 e. The highest BCUT2D eigenvalue weighted by Crippen LogP contribution is 2.31. The summed E-state index contributed by atoms with van der Waals surface area (Å²) in [7, 11) is 0. The molecule has 0 spiro atoms. The molecular formula is C19H21ClN2O. The average molecular weight is 329 g/mol. The topological polar surface area (TPSA) is 23.6 Å². The van der Waals surface area contributed by atoms with Crippen LogP contribution in [0.4, 0.5) is 5.69 Å². The van der Waals surface area contributed by atoms with Gasteiger partial charge in [-0.3, -0.25) is 4.79 Å². The number of aryl methyl sites for hydroxylation is 2. The first-order valence-corrected chi connectivity index (χ1v) is 8.30. The second-order valence-electron chi connectivity index (χ2n) is 6.06. The maximum atomic E-state index is 12.5. The van der Waals surface area contributed by atoms with Crippen LogP contribution >= 0.6 is 11.6 Å². The minimum Gasteiger partial charge on any atom is -0.367 e. The number of hydrogen-bond donors (Lipinski definition) is 0. The Hall–Kier alpha value is -2.00. The molecule has 0 radical (unpaired) electrons. The van der Waals surface area contributed by atoms with Gasteiger partial charge in [-0.15, -0.1) is 0 Å². The zero-order chi connectivity index (χ0) is 16.4. The first-order chi connectivity index (χ1) is 11.1. The van der Waals surface area contributed by atoms with Crippen molar-refractivity contribution in [2.75, 3.05) is 31.1 Å². The molecule has 0 unspecified atom stereocenters. The molecular weight excluding hydrogens is 308 g/mol. The van der Waals surface area contributed by atoms with Crippen molar-refractivity contribution in [3.05, 3.63) is 64.2 Å². The van der Waals surface area contributed by atoms with E-state index in [2.05, 4.69) is 24.8 Å². The van der Waals surface area contributed by atoms with Gasteiger partial charge in [0.1, 0.15) is 0 Å². The SMILES string of the molecule is Cc1cc(C)c(N2CCN(C(=O)c3ccccc3)CC2)c(Cl)c1. The van der Waals surface area contributed by atoms with Crippen molar-refractivity contribution in [2.45, 2.75) is 13.8 Å². The number of hydrogen-bond acceptors (Lipinski definition) is 2. The standard InChI is InChI=1S/C19H21ClN2O/c1-14-12-15(2)18(17(20)13-14)21-8-10-22(11-9-21)19(23)16-6-4-3-5-7-16/h3-7,12-13H,8-11H2,1-2H3. The molecule has 0 aromatic heterocycles. The van der Waals surface area contributed by atoms with Gasteiger partial charge in [0.15, 0.2) is 0 Å². The van der Waals surface area contributed by atoms with Crippen LogP contribution in [0.3, 0.4) is 0 Å². The highest BCUT2D eigenvalue weighted by molar-refractivity contribution is 6.33. The third-order valence-electron chi connectivity index (χ3n) is 4.30. The van der Waals surface area contributed by atoms with Crippen LogP contribution in [-0.4, -0.2) is 37.0 Å². The molecule has 23 heavy (non-hydrogen) atoms. The lowest BCUT2D eigenvalue weighted by Crippen LogP contribution is -2.49. The van der Waals surface area contributed by atoms with Crippen molar-refractivity contribution in [2.24, 2.45) is 0 Å². The van der Waals surface area contributed by atoms with Gasteiger partial charge in [-0.05, 0) is 43.2 Å². The van der Waals surface area contributed by atoms with Gasteiger partial charge in [0.05, 0.1) is 10.7 Å². The first-order valence-electron chi connectivity index (χ1n) is 7.92. The van der Waals surface area contributed by atoms with Gasteiger partial charge in [0.2, 0.25) is 0 Å². The van der Waals surface area contributed by atoms with Crippen LogP contribution in [0.5, 0.6) is 0 Å². The first kappa shape index (κ1) is 15.9. The van der Waals surface area contributed by atoms with Crippen LogP contribution < -0.4 is 4.90 Å². The molecule has 1 aliphatic rings. The van der Waals surface area contributed by atoms with E-state index in [0.29, 0.717) is 0 Å². The molecule has 2 aromatic rings. The molecule has 0 aliphatic carbocycles. The van der Waals surface area contributed by atoms with E-state index in [9.17, 15) is 4.79 Å². The van der Waals surface area contributed by atoms with Crippen molar-refractivity contribution in [3.8, 4) is 0 Å². The normalized spacial score (nSPS) is 14.9. The number of carbonyl (C=O) groups excluding carboxylic acids is 1. The highest BCUT2D eigenvalue weighted by atomic mass is 35.5. The molecule has 1 saturated heterocycles. The summed E-state index contributed by atoms with van der Waals surface area (Å²) in [6.45, 7) is 7.20. The Labute approximate surface area is 142 Å². The predicted molar refractivity (Wildman–Crippen MR) is 95.5 cm³/mol. The number of amides is 1. The lowest BCUT2D eigenvalue weighted by molar-refractivity contribution is 0.0747. The highest BCUT2D eigenvalue weighted by Gasteiger charge is 2.24. The zero-order valence-corrected chi connectivity index (χ0v) is 14.3. The summed E-state index contributed by atoms with van der Waals surface area (Å²) < 4.78 is 0. The fourth-order valence-electron chi connectivity index (χ4n) is 3.21. The molecule has 3 rings (SSSR count). The van der Waals surface area contributed by atoms with Gasteiger partial charge in [-0.2, -0.15) is 0 Å². The largest absolute Gasteiger partial charge is 0.367 e. The van der Waals surface area contributed by atoms with Gasteiger partial charge in [0.25, 0.3) is 5.91 Å². The number of piperazine rings is 1. The monoisotopic (exact) mass is 328 g/mol. The van der Waals surface area contributed by atoms with Crippen LogP contribution in [0.2, 0.25) is 5.02 Å². The fourth-order valence-corrected chi connectivity index (χ4v) is 3.65. The van der Waals surface area contributed by atoms with Gasteiger partial charge in [0, 0.05) is 31.7 Å². The van der Waals surface area contributed by atoms with Gasteiger partial charge in [-0.25, -0.2) is 0 Å². The summed E-state index contributed by atoms with van der Waals surface area (Å²) in [5, 5.41) is 0.797. The fraction of sp³-hybridized carbons (Fsp3) is 0.316. The molecule has 1 amide bonds. The van der Waals surface area contributed by atoms with Gasteiger partial charge < -0.3 is 9.80 Å². The molecule has 0 N–H and O–H groups in total. The Morgan fingerprint density at radius 1 is 1.00 bits per heavy atom. The van der Waals surface area contributed by atoms with Crippen molar-refractivity contribution >= 4 is 23.2 Å². The third kappa shape index (κ3) is 3.35. The summed E-state index contributed by atoms with van der Waals surface area (Å²) in [5.41, 5.74) is 4.22. The van der Waals surface area contributed by atoms with Crippen molar-refractivity contribution in [3.63, 3.8) is 0 Å². The van der Waals surface area contributed by atoms with E-state index in [1.807, 2.05) is 41.3 Å². The molecule has 1 heterocycles. The molecule has 0 atom stereocenters. The molecule has 0 saturated carbocycles. The van der Waals surface area contributed by atoms with E-state index >= 15 is 0 Å². The summed E-state index contributed by atoms with van der Waals surface area (Å²) >= 11 is 6.44. The Balaban J connectivity index is 1.71. The summed E-state index contributed by atoms with van der Waals surface area (Å²) in [6, 6.07) is 13.6. The maximum absolute atomic E-state index is 12.5. The summed E-state index contributed by atoms with van der Waals surface area (Å²) in [4.78, 5) is 16.7. The molecule has 0 bridgehead atoms. The molecule has 2 aromatic carbocycles. The van der Waals surface area contributed by atoms with Crippen molar-refractivity contribution in [1.29, 1.82) is 0 Å². The average Bonchev–Trinajstić information content (AvgIpc) is 2.55. The molecule has 1 aliphatic heterocycles. The summed E-state index contributed by atoms with van der Waals surface area (Å²) in [6.07, 6.45) is 0. The van der Waals surface area contributed by atoms with E-state index < -0.39 is 0 Å². The number of halogens is 1. The number of rotatable bonds is 2. The second-order valence-corrected chi connectivity index (χ2v) is 6.46. The number of carbonyl (C=O) groups is 1. The second kappa shape index (κ2) is 6.63. The van der Waals surface area contributed by atoms with Crippen LogP contribution in [0.1, 0.15) is 21.5 Å². The van der Waals surface area contributed by atoms with Crippen molar-refractivity contribution < 1.29 is 4.79 Å². The Kier molecular flexibility index (Phi) is 4.58. The lowest BCUT2D eigenvalue weighted by Gasteiger charge is -2.37. The van der Waals surface area contributed by atoms with Crippen LogP contribution in [0, 0.1) is 13.8 Å². The van der Waals surface area contributed by atoms with E-state index in [-0.39, 0.29) is 5.91 Å². The molecule has 3 nitrogen and oxygen atoms in total. The van der Waals surface area contributed by atoms with Crippen molar-refractivity contribution in [1.82, 2.24) is 4.90 Å². The Morgan fingerprint density at radius 3 is 2.26 bits per heavy atom. The zero-order valence-electron chi connectivity index (χ0n) is 13.6. The third-order valence-corrected chi connectivity index (χ3v) is 4.59. The predicted octanol–water partition coefficient (Wildman–Crippen LogP) is 3.92. The smallest absolute Gasteiger partial charge is 0.253 e. The van der Waals surface area contributed by atoms with E-state index in [0.717, 1.165) is 42.5 Å². The van der Waals surface area contributed by atoms with Gasteiger partial charge >= 0.3 is 0 Å². The van der Waals surface area contributed by atoms with E-state index in [1.54, 1.807) is 0 Å². The lowest BCUT2D eigenvalue weighted by atomic mass is 10.1. The molecule has 4 heteroatoms. The van der Waals surface area contributed by atoms with E-state index in [4.69, 9.17) is 11.6 Å². The van der Waals surface area contributed by atoms with Crippen LogP contribution in [0.15, 0.2) is 42.5 Å². The van der Waals surface area contributed by atoms with Gasteiger partial charge in [-0.1, -0.05) is 35.9 Å². The number of benzene rings is 2. The number of anilines is 1. The Morgan fingerprint density at radius 2 is 1.65 bits per heavy atom. The van der Waals surface area contributed by atoms with E-state index in [1.165, 1.54) is 11.1 Å².